The van der Waals surface area contributed by atoms with Gasteiger partial charge < -0.3 is 99.9 Å². The first-order valence-corrected chi connectivity index (χ1v) is 41.7. The quantitative estimate of drug-likeness (QED) is 0.0763. The van der Waals surface area contributed by atoms with Gasteiger partial charge in [-0.05, 0) is 43.3 Å². The molecule has 2 atom stereocenters. The van der Waals surface area contributed by atoms with Crippen LogP contribution >= 0.6 is 0 Å². The summed E-state index contributed by atoms with van der Waals surface area (Å²) < 4.78 is 137. The van der Waals surface area contributed by atoms with Crippen LogP contribution in [0.2, 0.25) is 61.9 Å². The Labute approximate surface area is 408 Å². The molecule has 0 aliphatic carbocycles. The lowest BCUT2D eigenvalue weighted by Crippen LogP contribution is -2.62. The number of hydrogen-bond acceptors (Lipinski definition) is 23. The molecule has 0 N–H and O–H groups in total. The van der Waals surface area contributed by atoms with E-state index in [9.17, 15) is 0 Å². The molecule has 0 saturated carbocycles. The minimum Gasteiger partial charge on any atom is -0.396 e. The van der Waals surface area contributed by atoms with Gasteiger partial charge in [0, 0.05) is 121 Å². The molecule has 2 unspecified atom stereocenters. The van der Waals surface area contributed by atoms with E-state index in [2.05, 4.69) is 13.5 Å². The van der Waals surface area contributed by atoms with Gasteiger partial charge in [0.2, 0.25) is 0 Å². The zero-order chi connectivity index (χ0) is 51.0. The number of rotatable bonds is 43. The molecule has 0 aromatic carbocycles. The second-order valence-electron chi connectivity index (χ2n) is 15.7. The van der Waals surface area contributed by atoms with Gasteiger partial charge in [-0.15, -0.1) is 0 Å². The van der Waals surface area contributed by atoms with Crippen LogP contribution in [0.25, 0.3) is 0 Å². The van der Waals surface area contributed by atoms with E-state index in [4.69, 9.17) is 99.9 Å². The van der Waals surface area contributed by atoms with Crippen molar-refractivity contribution in [2.24, 2.45) is 0 Å². The molecule has 0 fully saturated rings. The molecule has 0 rings (SSSR count). The van der Waals surface area contributed by atoms with E-state index in [1.807, 2.05) is 19.6 Å². The summed E-state index contributed by atoms with van der Waals surface area (Å²) in [4.78, 5) is 0. The molecule has 33 heteroatoms. The van der Waals surface area contributed by atoms with Crippen molar-refractivity contribution in [1.29, 1.82) is 0 Å². The highest BCUT2D eigenvalue weighted by Crippen LogP contribution is 2.42. The fourth-order valence-electron chi connectivity index (χ4n) is 7.85. The molecular weight excluding hydrogens is 1050 g/mol. The lowest BCUT2D eigenvalue weighted by atomic mass is 10.2. The highest BCUT2D eigenvalue weighted by Gasteiger charge is 2.59. The summed E-state index contributed by atoms with van der Waals surface area (Å²) in [6.45, 7) is 10.5. The van der Waals surface area contributed by atoms with Crippen LogP contribution in [-0.4, -0.2) is 209 Å². The molecule has 0 radical (unpaired) electrons. The van der Waals surface area contributed by atoms with Crippen LogP contribution in [0.4, 0.5) is 0 Å². The van der Waals surface area contributed by atoms with Gasteiger partial charge in [-0.3, -0.25) is 0 Å². The lowest BCUT2D eigenvalue weighted by molar-refractivity contribution is 0.0132. The molecule has 0 saturated heterocycles. The molecule has 0 aliphatic rings. The predicted molar refractivity (Wildman–Crippen MR) is 265 cm³/mol. The molecule has 0 heterocycles. The summed E-state index contributed by atoms with van der Waals surface area (Å²) in [5.74, 6) is 0. The maximum Gasteiger partial charge on any atom is 0.669 e. The Kier molecular flexibility index (Phi) is 32.4. The molecule has 0 amide bonds. The number of hydrogen-bond donors (Lipinski definition) is 0. The summed E-state index contributed by atoms with van der Waals surface area (Å²) in [5, 5.41) is 0. The van der Waals surface area contributed by atoms with E-state index in [0.29, 0.717) is 23.7 Å². The molecule has 0 aliphatic heterocycles. The molecular formula is C33H88O23Si10. The Hall–Kier alpha value is 1.25. The monoisotopic (exact) mass is 1130 g/mol. The Bertz CT molecular complexity index is 1130. The second-order valence-corrected chi connectivity index (χ2v) is 46.8. The third-order valence-corrected chi connectivity index (χ3v) is 45.7. The van der Waals surface area contributed by atoms with Gasteiger partial charge in [0.15, 0.2) is 0 Å². The Morgan fingerprint density at radius 2 is 0.576 bits per heavy atom. The third-order valence-electron chi connectivity index (χ3n) is 11.6. The summed E-state index contributed by atoms with van der Waals surface area (Å²) in [6, 6.07) is 3.40. The van der Waals surface area contributed by atoms with Gasteiger partial charge in [0.1, 0.15) is 0 Å². The van der Waals surface area contributed by atoms with Crippen molar-refractivity contribution in [3.05, 3.63) is 0 Å². The van der Waals surface area contributed by atoms with Gasteiger partial charge in [-0.25, -0.2) is 0 Å². The highest BCUT2D eigenvalue weighted by atomic mass is 28.5. The summed E-state index contributed by atoms with van der Waals surface area (Å²) in [6.07, 6.45) is 4.03. The van der Waals surface area contributed by atoms with Crippen LogP contribution in [-0.2, 0) is 99.9 Å². The molecule has 0 spiro atoms. The first kappa shape index (κ1) is 67.2. The standard InChI is InChI=1S/C33H88O23Si10/c1-23-33(27-24-30-59(20,51-57(34-2)35-3)52-62(36-4,37-5)38-6)58(19,28-25-31-60(21,53-63(39-7,40-8)41-9)54-64(42-10,43-11)44-12)29-26-32-61(22,55-65(45-13,46-14)47-15)56-66(48-16,49-17)50-18/h33,57H,23-32H2,1-22H3. The zero-order valence-electron chi connectivity index (χ0n) is 44.1. The largest absolute Gasteiger partial charge is 0.669 e. The SMILES string of the molecule is CCC(CCC[Si](C)(O[SiH](OC)OC)O[Si](OC)(OC)OC)[Si](C)(CCC[Si](C)(O[Si](OC)(OC)OC)O[Si](OC)(OC)OC)CCC[Si](C)(O[Si](OC)(OC)OC)O[Si](OC)(OC)OC. The van der Waals surface area contributed by atoms with Crippen molar-refractivity contribution < 1.29 is 99.9 Å². The summed E-state index contributed by atoms with van der Waals surface area (Å²) >= 11 is 0. The van der Waals surface area contributed by atoms with Gasteiger partial charge in [-0.1, -0.05) is 57.7 Å². The van der Waals surface area contributed by atoms with Gasteiger partial charge >= 0.3 is 80.4 Å². The van der Waals surface area contributed by atoms with Crippen molar-refractivity contribution in [2.45, 2.75) is 101 Å². The smallest absolute Gasteiger partial charge is 0.396 e. The van der Waals surface area contributed by atoms with Crippen LogP contribution in [0.15, 0.2) is 0 Å². The first-order chi connectivity index (χ1) is 31.0. The Morgan fingerprint density at radius 3 is 0.803 bits per heavy atom. The van der Waals surface area contributed by atoms with E-state index >= 15 is 0 Å². The Balaban J connectivity index is 7.35. The normalized spacial score (nSPS) is 15.5. The van der Waals surface area contributed by atoms with Gasteiger partial charge in [-0.2, -0.15) is 0 Å². The van der Waals surface area contributed by atoms with Gasteiger partial charge in [0.25, 0.3) is 0 Å². The minimum absolute atomic E-state index is 0.332. The van der Waals surface area contributed by atoms with Crippen LogP contribution in [0, 0.1) is 0 Å². The molecule has 0 aromatic heterocycles. The minimum atomic E-state index is -3.63. The predicted octanol–water partition coefficient (Wildman–Crippen LogP) is 4.61. The van der Waals surface area contributed by atoms with Gasteiger partial charge in [0.05, 0.1) is 8.07 Å². The first-order valence-electron chi connectivity index (χ1n) is 21.5. The lowest BCUT2D eigenvalue weighted by Gasteiger charge is -2.41. The van der Waals surface area contributed by atoms with E-state index in [0.717, 1.165) is 44.2 Å². The second kappa shape index (κ2) is 31.8. The van der Waals surface area contributed by atoms with E-state index < -0.39 is 88.5 Å². The Morgan fingerprint density at radius 1 is 0.333 bits per heavy atom. The fourth-order valence-corrected chi connectivity index (χ4v) is 40.9. The average molecular weight is 1130 g/mol. The average Bonchev–Trinajstić information content (AvgIpc) is 3.33. The summed E-state index contributed by atoms with van der Waals surface area (Å²) in [7, 11) is -7.19. The van der Waals surface area contributed by atoms with Crippen molar-refractivity contribution in [3.63, 3.8) is 0 Å². The molecule has 398 valence electrons. The van der Waals surface area contributed by atoms with Crippen LogP contribution < -0.4 is 0 Å². The molecule has 0 aromatic rings. The van der Waals surface area contributed by atoms with Crippen molar-refractivity contribution in [2.75, 3.05) is 121 Å². The van der Waals surface area contributed by atoms with E-state index in [-0.39, 0.29) is 0 Å². The van der Waals surface area contributed by atoms with Crippen LogP contribution in [0.1, 0.15) is 39.0 Å². The highest BCUT2D eigenvalue weighted by molar-refractivity contribution is 6.83. The van der Waals surface area contributed by atoms with Crippen LogP contribution in [0.3, 0.4) is 0 Å². The topological polar surface area (TPSA) is 212 Å². The van der Waals surface area contributed by atoms with Crippen molar-refractivity contribution in [1.82, 2.24) is 0 Å². The van der Waals surface area contributed by atoms with Crippen LogP contribution in [0.5, 0.6) is 0 Å². The maximum atomic E-state index is 6.68. The van der Waals surface area contributed by atoms with E-state index in [1.54, 1.807) is 14.2 Å². The molecule has 0 bridgehead atoms. The maximum absolute atomic E-state index is 6.68. The zero-order valence-corrected chi connectivity index (χ0v) is 54.3. The third kappa shape index (κ3) is 19.9. The molecule has 23 nitrogen and oxygen atoms in total. The molecule has 66 heavy (non-hydrogen) atoms. The van der Waals surface area contributed by atoms with Crippen molar-refractivity contribution in [3.8, 4) is 0 Å². The van der Waals surface area contributed by atoms with Crippen molar-refractivity contribution >= 4 is 88.5 Å². The van der Waals surface area contributed by atoms with E-state index in [1.165, 1.54) is 107 Å². The fraction of sp³-hybridized carbons (Fsp3) is 1.00. The summed E-state index contributed by atoms with van der Waals surface area (Å²) in [5.41, 5.74) is 0.332.